The number of ether oxygens (including phenoxy) is 1. The van der Waals surface area contributed by atoms with Crippen LogP contribution in [0, 0.1) is 37.5 Å². The SMILES string of the molecule is Cc1cc(C)c(OCC(C)(C)C#N)c(C)c1. The second-order valence-electron chi connectivity index (χ2n) is 5.01. The van der Waals surface area contributed by atoms with Gasteiger partial charge in [0.05, 0.1) is 11.5 Å². The molecule has 0 aromatic heterocycles. The first kappa shape index (κ1) is 12.6. The van der Waals surface area contributed by atoms with E-state index in [0.29, 0.717) is 6.61 Å². The van der Waals surface area contributed by atoms with E-state index in [9.17, 15) is 0 Å². The second kappa shape index (κ2) is 4.57. The second-order valence-corrected chi connectivity index (χ2v) is 5.01. The molecule has 0 bridgehead atoms. The van der Waals surface area contributed by atoms with Crippen LogP contribution >= 0.6 is 0 Å². The van der Waals surface area contributed by atoms with Crippen LogP contribution in [0.25, 0.3) is 0 Å². The molecule has 1 rings (SSSR count). The minimum absolute atomic E-state index is 0.425. The first-order chi connectivity index (χ1) is 7.35. The average Bonchev–Trinajstić information content (AvgIpc) is 2.16. The smallest absolute Gasteiger partial charge is 0.125 e. The van der Waals surface area contributed by atoms with Crippen LogP contribution in [0.15, 0.2) is 12.1 Å². The molecule has 1 aromatic rings. The van der Waals surface area contributed by atoms with Crippen molar-refractivity contribution in [3.05, 3.63) is 28.8 Å². The molecule has 0 fully saturated rings. The molecule has 0 aliphatic heterocycles. The zero-order valence-electron chi connectivity index (χ0n) is 10.7. The van der Waals surface area contributed by atoms with Gasteiger partial charge in [0.1, 0.15) is 12.4 Å². The predicted molar refractivity (Wildman–Crippen MR) is 65.5 cm³/mol. The third kappa shape index (κ3) is 3.00. The Bertz CT molecular complexity index is 404. The van der Waals surface area contributed by atoms with Gasteiger partial charge in [0.15, 0.2) is 0 Å². The van der Waals surface area contributed by atoms with Gasteiger partial charge in [0, 0.05) is 0 Å². The van der Waals surface area contributed by atoms with Crippen LogP contribution in [0.4, 0.5) is 0 Å². The third-order valence-electron chi connectivity index (χ3n) is 2.48. The zero-order chi connectivity index (χ0) is 12.3. The summed E-state index contributed by atoms with van der Waals surface area (Å²) in [5, 5.41) is 8.92. The van der Waals surface area contributed by atoms with E-state index in [1.165, 1.54) is 5.56 Å². The van der Waals surface area contributed by atoms with E-state index in [0.717, 1.165) is 16.9 Å². The lowest BCUT2D eigenvalue weighted by Crippen LogP contribution is -2.19. The lowest BCUT2D eigenvalue weighted by molar-refractivity contribution is 0.224. The third-order valence-corrected chi connectivity index (χ3v) is 2.48. The van der Waals surface area contributed by atoms with Crippen molar-refractivity contribution in [3.63, 3.8) is 0 Å². The highest BCUT2D eigenvalue weighted by Crippen LogP contribution is 2.26. The monoisotopic (exact) mass is 217 g/mol. The van der Waals surface area contributed by atoms with Gasteiger partial charge in [-0.2, -0.15) is 5.26 Å². The minimum Gasteiger partial charge on any atom is -0.491 e. The van der Waals surface area contributed by atoms with Crippen molar-refractivity contribution in [2.24, 2.45) is 5.41 Å². The summed E-state index contributed by atoms with van der Waals surface area (Å²) in [5.74, 6) is 0.911. The van der Waals surface area contributed by atoms with Crippen molar-refractivity contribution >= 4 is 0 Å². The molecular formula is C14H19NO. The van der Waals surface area contributed by atoms with Gasteiger partial charge in [-0.3, -0.25) is 0 Å². The Hall–Kier alpha value is -1.49. The van der Waals surface area contributed by atoms with Gasteiger partial charge >= 0.3 is 0 Å². The van der Waals surface area contributed by atoms with Crippen molar-refractivity contribution in [1.29, 1.82) is 5.26 Å². The first-order valence-electron chi connectivity index (χ1n) is 5.47. The number of rotatable bonds is 3. The molecule has 0 atom stereocenters. The van der Waals surface area contributed by atoms with Gasteiger partial charge in [-0.1, -0.05) is 17.7 Å². The standard InChI is InChI=1S/C14H19NO/c1-10-6-11(2)13(12(3)7-10)16-9-14(4,5)8-15/h6-7H,9H2,1-5H3. The highest BCUT2D eigenvalue weighted by Gasteiger charge is 2.18. The maximum atomic E-state index is 8.92. The number of nitrogens with zero attached hydrogens (tertiary/aromatic N) is 1. The summed E-state index contributed by atoms with van der Waals surface area (Å²) in [4.78, 5) is 0. The van der Waals surface area contributed by atoms with E-state index in [2.05, 4.69) is 25.1 Å². The van der Waals surface area contributed by atoms with Gasteiger partial charge in [-0.25, -0.2) is 0 Å². The van der Waals surface area contributed by atoms with Crippen molar-refractivity contribution in [2.75, 3.05) is 6.61 Å². The molecule has 0 N–H and O–H groups in total. The van der Waals surface area contributed by atoms with Gasteiger partial charge < -0.3 is 4.74 Å². The number of hydrogen-bond acceptors (Lipinski definition) is 2. The topological polar surface area (TPSA) is 33.0 Å². The summed E-state index contributed by atoms with van der Waals surface area (Å²) in [6.45, 7) is 10.3. The summed E-state index contributed by atoms with van der Waals surface area (Å²) >= 11 is 0. The molecule has 0 radical (unpaired) electrons. The normalized spacial score (nSPS) is 11.0. The molecule has 0 amide bonds. The largest absolute Gasteiger partial charge is 0.491 e. The molecule has 1 aromatic carbocycles. The van der Waals surface area contributed by atoms with Crippen molar-refractivity contribution in [3.8, 4) is 11.8 Å². The van der Waals surface area contributed by atoms with Gasteiger partial charge in [0.2, 0.25) is 0 Å². The predicted octanol–water partition coefficient (Wildman–Crippen LogP) is 3.54. The lowest BCUT2D eigenvalue weighted by atomic mass is 9.97. The Labute approximate surface area is 97.9 Å². The molecule has 86 valence electrons. The molecule has 2 heteroatoms. The van der Waals surface area contributed by atoms with E-state index in [1.807, 2.05) is 27.7 Å². The van der Waals surface area contributed by atoms with Crippen LogP contribution in [0.3, 0.4) is 0 Å². The average molecular weight is 217 g/mol. The fourth-order valence-electron chi connectivity index (χ4n) is 1.68. The molecule has 0 saturated carbocycles. The molecule has 0 heterocycles. The maximum absolute atomic E-state index is 8.92. The Morgan fingerprint density at radius 2 is 1.69 bits per heavy atom. The van der Waals surface area contributed by atoms with Crippen molar-refractivity contribution in [1.82, 2.24) is 0 Å². The van der Waals surface area contributed by atoms with E-state index in [1.54, 1.807) is 0 Å². The summed E-state index contributed by atoms with van der Waals surface area (Å²) in [6.07, 6.45) is 0. The number of nitriles is 1. The molecule has 16 heavy (non-hydrogen) atoms. The highest BCUT2D eigenvalue weighted by molar-refractivity contribution is 5.43. The zero-order valence-corrected chi connectivity index (χ0v) is 10.7. The van der Waals surface area contributed by atoms with Crippen LogP contribution < -0.4 is 4.74 Å². The molecule has 0 aliphatic rings. The van der Waals surface area contributed by atoms with Gasteiger partial charge in [0.25, 0.3) is 0 Å². The molecule has 0 saturated heterocycles. The summed E-state index contributed by atoms with van der Waals surface area (Å²) in [6, 6.07) is 6.43. The molecule has 0 unspecified atom stereocenters. The lowest BCUT2D eigenvalue weighted by Gasteiger charge is -2.19. The van der Waals surface area contributed by atoms with Gasteiger partial charge in [-0.05, 0) is 45.7 Å². The Balaban J connectivity index is 2.87. The molecular weight excluding hydrogens is 198 g/mol. The van der Waals surface area contributed by atoms with E-state index >= 15 is 0 Å². The quantitative estimate of drug-likeness (QED) is 0.775. The molecule has 0 spiro atoms. The van der Waals surface area contributed by atoms with Crippen LogP contribution in [-0.2, 0) is 0 Å². The van der Waals surface area contributed by atoms with E-state index in [4.69, 9.17) is 10.00 Å². The Morgan fingerprint density at radius 3 is 2.12 bits per heavy atom. The fraction of sp³-hybridized carbons (Fsp3) is 0.500. The van der Waals surface area contributed by atoms with Crippen LogP contribution in [0.5, 0.6) is 5.75 Å². The number of aryl methyl sites for hydroxylation is 3. The minimum atomic E-state index is -0.441. The van der Waals surface area contributed by atoms with Crippen LogP contribution in [-0.4, -0.2) is 6.61 Å². The fourth-order valence-corrected chi connectivity index (χ4v) is 1.68. The van der Waals surface area contributed by atoms with E-state index in [-0.39, 0.29) is 0 Å². The maximum Gasteiger partial charge on any atom is 0.125 e. The summed E-state index contributed by atoms with van der Waals surface area (Å²) < 4.78 is 5.76. The molecule has 0 aliphatic carbocycles. The number of benzene rings is 1. The van der Waals surface area contributed by atoms with Crippen LogP contribution in [0.2, 0.25) is 0 Å². The van der Waals surface area contributed by atoms with Gasteiger partial charge in [-0.15, -0.1) is 0 Å². The highest BCUT2D eigenvalue weighted by atomic mass is 16.5. The van der Waals surface area contributed by atoms with Crippen molar-refractivity contribution < 1.29 is 4.74 Å². The van der Waals surface area contributed by atoms with E-state index < -0.39 is 5.41 Å². The Morgan fingerprint density at radius 1 is 1.19 bits per heavy atom. The first-order valence-corrected chi connectivity index (χ1v) is 5.47. The summed E-state index contributed by atoms with van der Waals surface area (Å²) in [7, 11) is 0. The Kier molecular flexibility index (Phi) is 3.59. The van der Waals surface area contributed by atoms with Crippen LogP contribution in [0.1, 0.15) is 30.5 Å². The number of hydrogen-bond donors (Lipinski definition) is 0. The van der Waals surface area contributed by atoms with Crippen molar-refractivity contribution in [2.45, 2.75) is 34.6 Å². The molecule has 2 nitrogen and oxygen atoms in total. The summed E-state index contributed by atoms with van der Waals surface area (Å²) in [5.41, 5.74) is 3.06.